The Morgan fingerprint density at radius 2 is 1.81 bits per heavy atom. The molecule has 21 heavy (non-hydrogen) atoms. The van der Waals surface area contributed by atoms with Crippen molar-refractivity contribution in [3.05, 3.63) is 24.3 Å². The fourth-order valence-electron chi connectivity index (χ4n) is 2.88. The molecule has 5 heteroatoms. The van der Waals surface area contributed by atoms with Gasteiger partial charge in [0.2, 0.25) is 5.91 Å². The Morgan fingerprint density at radius 3 is 2.48 bits per heavy atom. The number of amides is 1. The summed E-state index contributed by atoms with van der Waals surface area (Å²) < 4.78 is 5.29. The van der Waals surface area contributed by atoms with Gasteiger partial charge in [0.1, 0.15) is 0 Å². The van der Waals surface area contributed by atoms with Gasteiger partial charge >= 0.3 is 0 Å². The third-order valence-corrected chi connectivity index (χ3v) is 4.21. The number of benzene rings is 1. The molecule has 1 amide bonds. The largest absolute Gasteiger partial charge is 0.381 e. The predicted molar refractivity (Wildman–Crippen MR) is 83.7 cm³/mol. The molecule has 0 aliphatic carbocycles. The van der Waals surface area contributed by atoms with Gasteiger partial charge in [0.25, 0.3) is 0 Å². The van der Waals surface area contributed by atoms with Crippen LogP contribution in [-0.2, 0) is 9.53 Å². The van der Waals surface area contributed by atoms with Crippen LogP contribution in [0.2, 0.25) is 0 Å². The number of ether oxygens (including phenoxy) is 1. The molecule has 0 unspecified atom stereocenters. The van der Waals surface area contributed by atoms with Crippen molar-refractivity contribution in [2.75, 3.05) is 49.6 Å². The monoisotopic (exact) mass is 289 g/mol. The highest BCUT2D eigenvalue weighted by Gasteiger charge is 2.21. The Balaban J connectivity index is 1.57. The van der Waals surface area contributed by atoms with Crippen molar-refractivity contribution in [1.29, 1.82) is 0 Å². The zero-order valence-electron chi connectivity index (χ0n) is 12.3. The Bertz CT molecular complexity index is 463. The highest BCUT2D eigenvalue weighted by Crippen LogP contribution is 2.21. The van der Waals surface area contributed by atoms with E-state index in [1.807, 2.05) is 12.1 Å². The lowest BCUT2D eigenvalue weighted by Crippen LogP contribution is -2.43. The van der Waals surface area contributed by atoms with Crippen LogP contribution < -0.4 is 15.5 Å². The van der Waals surface area contributed by atoms with Crippen molar-refractivity contribution < 1.29 is 9.53 Å². The number of carbonyl (C=O) groups is 1. The smallest absolute Gasteiger partial charge is 0.227 e. The van der Waals surface area contributed by atoms with Crippen LogP contribution in [0.5, 0.6) is 0 Å². The molecule has 0 saturated carbocycles. The molecule has 1 aromatic carbocycles. The van der Waals surface area contributed by atoms with E-state index in [-0.39, 0.29) is 11.8 Å². The summed E-state index contributed by atoms with van der Waals surface area (Å²) in [5.74, 6) is 0.208. The van der Waals surface area contributed by atoms with E-state index in [1.165, 1.54) is 5.69 Å². The van der Waals surface area contributed by atoms with Crippen molar-refractivity contribution in [3.8, 4) is 0 Å². The van der Waals surface area contributed by atoms with E-state index in [0.29, 0.717) is 13.2 Å². The molecular weight excluding hydrogens is 266 g/mol. The summed E-state index contributed by atoms with van der Waals surface area (Å²) in [6, 6.07) is 8.17. The van der Waals surface area contributed by atoms with E-state index in [1.54, 1.807) is 0 Å². The fourth-order valence-corrected chi connectivity index (χ4v) is 2.88. The Labute approximate surface area is 125 Å². The Morgan fingerprint density at radius 1 is 1.14 bits per heavy atom. The number of piperazine rings is 1. The van der Waals surface area contributed by atoms with E-state index in [9.17, 15) is 4.79 Å². The number of hydrogen-bond acceptors (Lipinski definition) is 4. The maximum absolute atomic E-state index is 12.2. The van der Waals surface area contributed by atoms with Crippen molar-refractivity contribution >= 4 is 17.3 Å². The summed E-state index contributed by atoms with van der Waals surface area (Å²) in [6.07, 6.45) is 1.65. The van der Waals surface area contributed by atoms with Gasteiger partial charge < -0.3 is 20.3 Å². The van der Waals surface area contributed by atoms with Crippen molar-refractivity contribution in [1.82, 2.24) is 5.32 Å². The minimum atomic E-state index is 0.0894. The fraction of sp³-hybridized carbons (Fsp3) is 0.562. The minimum Gasteiger partial charge on any atom is -0.381 e. The summed E-state index contributed by atoms with van der Waals surface area (Å²) in [7, 11) is 0. The Kier molecular flexibility index (Phi) is 4.72. The topological polar surface area (TPSA) is 53.6 Å². The molecule has 3 rings (SSSR count). The molecule has 0 atom stereocenters. The molecule has 0 radical (unpaired) electrons. The molecule has 0 aromatic heterocycles. The van der Waals surface area contributed by atoms with Crippen LogP contribution >= 0.6 is 0 Å². The van der Waals surface area contributed by atoms with Gasteiger partial charge in [-0.2, -0.15) is 0 Å². The number of hydrogen-bond donors (Lipinski definition) is 2. The summed E-state index contributed by atoms with van der Waals surface area (Å²) in [6.45, 7) is 5.52. The molecule has 2 saturated heterocycles. The lowest BCUT2D eigenvalue weighted by molar-refractivity contribution is -0.122. The third-order valence-electron chi connectivity index (χ3n) is 4.21. The zero-order valence-corrected chi connectivity index (χ0v) is 12.3. The highest BCUT2D eigenvalue weighted by atomic mass is 16.5. The molecule has 2 aliphatic heterocycles. The molecule has 2 heterocycles. The first kappa shape index (κ1) is 14.4. The van der Waals surface area contributed by atoms with Gasteiger partial charge in [-0.25, -0.2) is 0 Å². The Hall–Kier alpha value is -1.59. The molecule has 0 spiro atoms. The van der Waals surface area contributed by atoms with Gasteiger partial charge in [0.05, 0.1) is 0 Å². The standard InChI is InChI=1S/C16H23N3O2/c20-16(13-5-11-21-12-6-13)18-14-1-3-15(4-2-14)19-9-7-17-8-10-19/h1-4,13,17H,5-12H2,(H,18,20). The van der Waals surface area contributed by atoms with Gasteiger partial charge in [-0.1, -0.05) is 0 Å². The van der Waals surface area contributed by atoms with E-state index >= 15 is 0 Å². The first-order chi connectivity index (χ1) is 10.3. The maximum Gasteiger partial charge on any atom is 0.227 e. The normalized spacial score (nSPS) is 20.3. The highest BCUT2D eigenvalue weighted by molar-refractivity contribution is 5.92. The van der Waals surface area contributed by atoms with E-state index in [4.69, 9.17) is 4.74 Å². The summed E-state index contributed by atoms with van der Waals surface area (Å²) in [5.41, 5.74) is 2.10. The van der Waals surface area contributed by atoms with Crippen LogP contribution in [0.25, 0.3) is 0 Å². The van der Waals surface area contributed by atoms with Crippen LogP contribution in [0.3, 0.4) is 0 Å². The van der Waals surface area contributed by atoms with Gasteiger partial charge in [0, 0.05) is 56.7 Å². The summed E-state index contributed by atoms with van der Waals surface area (Å²) in [5, 5.41) is 6.37. The molecule has 2 aliphatic rings. The number of nitrogens with one attached hydrogen (secondary N) is 2. The minimum absolute atomic E-state index is 0.0894. The second-order valence-electron chi connectivity index (χ2n) is 5.66. The molecule has 2 N–H and O–H groups in total. The van der Waals surface area contributed by atoms with Gasteiger partial charge in [0.15, 0.2) is 0 Å². The molecule has 1 aromatic rings. The predicted octanol–water partition coefficient (Wildman–Crippen LogP) is 1.46. The summed E-state index contributed by atoms with van der Waals surface area (Å²) >= 11 is 0. The molecular formula is C16H23N3O2. The van der Waals surface area contributed by atoms with Crippen LogP contribution in [-0.4, -0.2) is 45.3 Å². The molecule has 114 valence electrons. The first-order valence-corrected chi connectivity index (χ1v) is 7.77. The van der Waals surface area contributed by atoms with Crippen molar-refractivity contribution in [3.63, 3.8) is 0 Å². The number of anilines is 2. The zero-order chi connectivity index (χ0) is 14.5. The quantitative estimate of drug-likeness (QED) is 0.884. The molecule has 0 bridgehead atoms. The second kappa shape index (κ2) is 6.91. The molecule has 2 fully saturated rings. The van der Waals surface area contributed by atoms with E-state index in [0.717, 1.165) is 44.7 Å². The molecule has 5 nitrogen and oxygen atoms in total. The first-order valence-electron chi connectivity index (χ1n) is 7.77. The number of carbonyl (C=O) groups excluding carboxylic acids is 1. The van der Waals surface area contributed by atoms with Gasteiger partial charge in [-0.3, -0.25) is 4.79 Å². The average molecular weight is 289 g/mol. The van der Waals surface area contributed by atoms with Crippen LogP contribution in [0.1, 0.15) is 12.8 Å². The maximum atomic E-state index is 12.2. The van der Waals surface area contributed by atoms with E-state index in [2.05, 4.69) is 27.7 Å². The lowest BCUT2D eigenvalue weighted by atomic mass is 9.99. The van der Waals surface area contributed by atoms with Crippen LogP contribution in [0.4, 0.5) is 11.4 Å². The van der Waals surface area contributed by atoms with Gasteiger partial charge in [-0.05, 0) is 37.1 Å². The summed E-state index contributed by atoms with van der Waals surface area (Å²) in [4.78, 5) is 14.5. The van der Waals surface area contributed by atoms with Crippen molar-refractivity contribution in [2.45, 2.75) is 12.8 Å². The van der Waals surface area contributed by atoms with Crippen LogP contribution in [0.15, 0.2) is 24.3 Å². The lowest BCUT2D eigenvalue weighted by Gasteiger charge is -2.29. The van der Waals surface area contributed by atoms with E-state index < -0.39 is 0 Å². The van der Waals surface area contributed by atoms with Crippen LogP contribution in [0, 0.1) is 5.92 Å². The number of rotatable bonds is 3. The number of nitrogens with zero attached hydrogens (tertiary/aromatic N) is 1. The third kappa shape index (κ3) is 3.74. The average Bonchev–Trinajstić information content (AvgIpc) is 2.57. The second-order valence-corrected chi connectivity index (χ2v) is 5.66. The van der Waals surface area contributed by atoms with Crippen molar-refractivity contribution in [2.24, 2.45) is 5.92 Å². The van der Waals surface area contributed by atoms with Gasteiger partial charge in [-0.15, -0.1) is 0 Å². The SMILES string of the molecule is O=C(Nc1ccc(N2CCNCC2)cc1)C1CCOCC1.